The van der Waals surface area contributed by atoms with E-state index in [9.17, 15) is 35.1 Å². The molecule has 1 nitrogen and oxygen atoms in total. The first-order valence-corrected chi connectivity index (χ1v) is 3.55. The van der Waals surface area contributed by atoms with E-state index in [1.54, 1.807) is 0 Å². The van der Waals surface area contributed by atoms with Gasteiger partial charge in [-0.2, -0.15) is 0 Å². The van der Waals surface area contributed by atoms with Gasteiger partial charge in [-0.3, -0.25) is 0 Å². The Hall–Kier alpha value is -0.600. The van der Waals surface area contributed by atoms with Gasteiger partial charge in [-0.05, 0) is 0 Å². The lowest BCUT2D eigenvalue weighted by Gasteiger charge is -2.18. The molecule has 0 fully saturated rings. The second kappa shape index (κ2) is 6.09. The summed E-state index contributed by atoms with van der Waals surface area (Å²) < 4.78 is 97.2. The van der Waals surface area contributed by atoms with E-state index in [0.717, 1.165) is 0 Å². The highest BCUT2D eigenvalue weighted by Gasteiger charge is 2.38. The summed E-state index contributed by atoms with van der Waals surface area (Å²) in [7, 11) is 0. The Labute approximate surface area is 79.0 Å². The largest absolute Gasteiger partial charge is 0.308 e. The fraction of sp³-hybridized carbons (Fsp3) is 1.00. The average Bonchev–Trinajstić information content (AvgIpc) is 2.14. The Balaban J connectivity index is 4.11. The van der Waals surface area contributed by atoms with Crippen LogP contribution in [0.15, 0.2) is 0 Å². The summed E-state index contributed by atoms with van der Waals surface area (Å²) in [5, 5.41) is 0. The van der Waals surface area contributed by atoms with Crippen molar-refractivity contribution < 1.29 is 39.9 Å². The standard InChI is InChI=1S/C6H6F8O/c7-1(3(9)10)5(13)15-6(14)2(8)4(11)12/h1-6H. The molecule has 0 N–H and O–H groups in total. The van der Waals surface area contributed by atoms with Crippen molar-refractivity contribution in [1.82, 2.24) is 0 Å². The molecule has 0 aliphatic heterocycles. The van der Waals surface area contributed by atoms with Crippen LogP contribution in [0.4, 0.5) is 35.1 Å². The molecular formula is C6H6F8O. The maximum atomic E-state index is 12.2. The number of ether oxygens (including phenoxy) is 1. The third-order valence-electron chi connectivity index (χ3n) is 1.24. The predicted molar refractivity (Wildman–Crippen MR) is 32.7 cm³/mol. The molecule has 0 saturated heterocycles. The number of rotatable bonds is 6. The molecule has 15 heavy (non-hydrogen) atoms. The van der Waals surface area contributed by atoms with Gasteiger partial charge in [-0.25, -0.2) is 35.1 Å². The lowest BCUT2D eigenvalue weighted by atomic mass is 10.4. The van der Waals surface area contributed by atoms with Gasteiger partial charge < -0.3 is 4.74 Å². The molecule has 0 radical (unpaired) electrons. The van der Waals surface area contributed by atoms with Crippen molar-refractivity contribution in [3.8, 4) is 0 Å². The van der Waals surface area contributed by atoms with E-state index in [-0.39, 0.29) is 0 Å². The quantitative estimate of drug-likeness (QED) is 0.655. The topological polar surface area (TPSA) is 9.23 Å². The fourth-order valence-electron chi connectivity index (χ4n) is 0.503. The summed E-state index contributed by atoms with van der Waals surface area (Å²) in [6, 6.07) is 0. The van der Waals surface area contributed by atoms with Crippen LogP contribution in [-0.4, -0.2) is 37.9 Å². The lowest BCUT2D eigenvalue weighted by molar-refractivity contribution is -0.218. The molecule has 0 heterocycles. The normalized spacial score (nSPS) is 20.4. The molecule has 0 bridgehead atoms. The van der Waals surface area contributed by atoms with E-state index < -0.39 is 37.9 Å². The third-order valence-corrected chi connectivity index (χ3v) is 1.24. The highest BCUT2D eigenvalue weighted by Crippen LogP contribution is 2.20. The molecule has 0 aliphatic rings. The zero-order chi connectivity index (χ0) is 12.2. The van der Waals surface area contributed by atoms with Crippen LogP contribution >= 0.6 is 0 Å². The van der Waals surface area contributed by atoms with Crippen molar-refractivity contribution >= 4 is 0 Å². The van der Waals surface area contributed by atoms with Gasteiger partial charge in [0.1, 0.15) is 0 Å². The monoisotopic (exact) mass is 246 g/mol. The van der Waals surface area contributed by atoms with Crippen LogP contribution in [0.25, 0.3) is 0 Å². The number of halogens is 8. The van der Waals surface area contributed by atoms with E-state index in [2.05, 4.69) is 4.74 Å². The Bertz CT molecular complexity index is 159. The van der Waals surface area contributed by atoms with Crippen molar-refractivity contribution in [3.63, 3.8) is 0 Å². The van der Waals surface area contributed by atoms with Gasteiger partial charge in [-0.1, -0.05) is 0 Å². The van der Waals surface area contributed by atoms with Crippen molar-refractivity contribution in [3.05, 3.63) is 0 Å². The first kappa shape index (κ1) is 14.4. The highest BCUT2D eigenvalue weighted by atomic mass is 19.3. The highest BCUT2D eigenvalue weighted by molar-refractivity contribution is 4.67. The van der Waals surface area contributed by atoms with Crippen LogP contribution in [0.2, 0.25) is 0 Å². The van der Waals surface area contributed by atoms with Gasteiger partial charge in [0.15, 0.2) is 0 Å². The second-order valence-electron chi connectivity index (χ2n) is 2.40. The maximum Gasteiger partial charge on any atom is 0.274 e. The molecule has 0 amide bonds. The van der Waals surface area contributed by atoms with Crippen molar-refractivity contribution in [2.45, 2.75) is 37.9 Å². The number of hydrogen-bond donors (Lipinski definition) is 0. The van der Waals surface area contributed by atoms with E-state index >= 15 is 0 Å². The molecule has 0 aromatic heterocycles. The number of alkyl halides is 8. The molecule has 4 unspecified atom stereocenters. The van der Waals surface area contributed by atoms with Crippen LogP contribution in [-0.2, 0) is 4.74 Å². The van der Waals surface area contributed by atoms with Crippen LogP contribution in [0, 0.1) is 0 Å². The predicted octanol–water partition coefficient (Wildman–Crippen LogP) is 2.80. The molecule has 0 spiro atoms. The van der Waals surface area contributed by atoms with Crippen molar-refractivity contribution in [2.75, 3.05) is 0 Å². The summed E-state index contributed by atoms with van der Waals surface area (Å²) in [4.78, 5) is 0. The minimum absolute atomic E-state index is 3.05. The van der Waals surface area contributed by atoms with E-state index in [1.165, 1.54) is 0 Å². The Morgan fingerprint density at radius 2 is 0.800 bits per heavy atom. The molecule has 92 valence electrons. The smallest absolute Gasteiger partial charge is 0.274 e. The summed E-state index contributed by atoms with van der Waals surface area (Å²) in [5.74, 6) is 0. The summed E-state index contributed by atoms with van der Waals surface area (Å²) in [5.41, 5.74) is 0. The molecule has 9 heteroatoms. The summed E-state index contributed by atoms with van der Waals surface area (Å²) in [6.07, 6.45) is -21.7. The van der Waals surface area contributed by atoms with Crippen LogP contribution in [0.5, 0.6) is 0 Å². The molecule has 0 aromatic carbocycles. The van der Waals surface area contributed by atoms with Crippen LogP contribution < -0.4 is 0 Å². The molecule has 4 atom stereocenters. The number of hydrogen-bond acceptors (Lipinski definition) is 1. The van der Waals surface area contributed by atoms with Gasteiger partial charge >= 0.3 is 0 Å². The van der Waals surface area contributed by atoms with E-state index in [4.69, 9.17) is 0 Å². The zero-order valence-corrected chi connectivity index (χ0v) is 6.90. The van der Waals surface area contributed by atoms with Gasteiger partial charge in [0, 0.05) is 0 Å². The minimum atomic E-state index is -3.82. The molecule has 0 aromatic rings. The summed E-state index contributed by atoms with van der Waals surface area (Å²) in [6.45, 7) is 0. The average molecular weight is 246 g/mol. The Morgan fingerprint density at radius 1 is 0.533 bits per heavy atom. The van der Waals surface area contributed by atoms with Crippen molar-refractivity contribution in [1.29, 1.82) is 0 Å². The van der Waals surface area contributed by atoms with Gasteiger partial charge in [0.25, 0.3) is 12.9 Å². The molecule has 0 aliphatic carbocycles. The van der Waals surface area contributed by atoms with Gasteiger partial charge in [-0.15, -0.1) is 0 Å². The molecular weight excluding hydrogens is 240 g/mol. The van der Waals surface area contributed by atoms with E-state index in [0.29, 0.717) is 0 Å². The summed E-state index contributed by atoms with van der Waals surface area (Å²) >= 11 is 0. The fourth-order valence-corrected chi connectivity index (χ4v) is 0.503. The second-order valence-corrected chi connectivity index (χ2v) is 2.40. The first-order valence-electron chi connectivity index (χ1n) is 3.55. The van der Waals surface area contributed by atoms with Crippen molar-refractivity contribution in [2.24, 2.45) is 0 Å². The minimum Gasteiger partial charge on any atom is -0.308 e. The Morgan fingerprint density at radius 3 is 1.00 bits per heavy atom. The van der Waals surface area contributed by atoms with Crippen LogP contribution in [0.3, 0.4) is 0 Å². The van der Waals surface area contributed by atoms with Gasteiger partial charge in [0.05, 0.1) is 0 Å². The van der Waals surface area contributed by atoms with Crippen LogP contribution in [0.1, 0.15) is 0 Å². The zero-order valence-electron chi connectivity index (χ0n) is 6.90. The van der Waals surface area contributed by atoms with Gasteiger partial charge in [0.2, 0.25) is 25.1 Å². The molecule has 0 saturated carbocycles. The third kappa shape index (κ3) is 4.63. The maximum absolute atomic E-state index is 12.2. The SMILES string of the molecule is FC(F)C(F)C(F)OC(F)C(F)C(F)F. The molecule has 0 rings (SSSR count). The Kier molecular flexibility index (Phi) is 5.84. The lowest BCUT2D eigenvalue weighted by Crippen LogP contribution is -2.35. The first-order chi connectivity index (χ1) is 6.77. The van der Waals surface area contributed by atoms with E-state index in [1.807, 2.05) is 0 Å².